The summed E-state index contributed by atoms with van der Waals surface area (Å²) in [4.78, 5) is 0. The second-order valence-electron chi connectivity index (χ2n) is 7.16. The molecule has 0 radical (unpaired) electrons. The van der Waals surface area contributed by atoms with E-state index >= 15 is 0 Å². The molecule has 0 aromatic heterocycles. The second-order valence-corrected chi connectivity index (χ2v) is 7.16. The third-order valence-electron chi connectivity index (χ3n) is 5.05. The van der Waals surface area contributed by atoms with Gasteiger partial charge in [-0.15, -0.1) is 0 Å². The number of ether oxygens (including phenoxy) is 2. The third-order valence-corrected chi connectivity index (χ3v) is 5.05. The zero-order chi connectivity index (χ0) is 14.4. The summed E-state index contributed by atoms with van der Waals surface area (Å²) in [5.41, 5.74) is 7.88. The van der Waals surface area contributed by atoms with E-state index in [-0.39, 0.29) is 11.6 Å². The Balaban J connectivity index is 1.88. The molecule has 1 heterocycles. The molecule has 1 aromatic rings. The lowest BCUT2D eigenvalue weighted by Gasteiger charge is -2.47. The number of rotatable bonds is 1. The quantitative estimate of drug-likeness (QED) is 0.847. The van der Waals surface area contributed by atoms with Crippen LogP contribution in [-0.2, 0) is 0 Å². The van der Waals surface area contributed by atoms with Crippen LogP contribution in [-0.4, -0.2) is 12.7 Å². The van der Waals surface area contributed by atoms with E-state index in [2.05, 4.69) is 13.8 Å². The summed E-state index contributed by atoms with van der Waals surface area (Å²) in [5, 5.41) is 0. The fourth-order valence-electron chi connectivity index (χ4n) is 3.51. The molecular formula is C17H25NO2. The van der Waals surface area contributed by atoms with Crippen LogP contribution in [0.3, 0.4) is 0 Å². The van der Waals surface area contributed by atoms with E-state index in [1.807, 2.05) is 18.2 Å². The van der Waals surface area contributed by atoms with Gasteiger partial charge in [-0.05, 0) is 37.2 Å². The number of hydrogen-bond donors (Lipinski definition) is 1. The highest BCUT2D eigenvalue weighted by atomic mass is 16.5. The van der Waals surface area contributed by atoms with E-state index in [1.54, 1.807) is 7.11 Å². The van der Waals surface area contributed by atoms with Crippen molar-refractivity contribution in [1.82, 2.24) is 0 Å². The molecule has 0 bridgehead atoms. The minimum atomic E-state index is -0.0612. The maximum atomic E-state index is 6.41. The molecule has 1 aromatic carbocycles. The SMILES string of the molecule is COc1ccc2c(c1)OC1(CCC(C)(C)CC1)C[C@H]2N. The van der Waals surface area contributed by atoms with Gasteiger partial charge in [0.05, 0.1) is 7.11 Å². The van der Waals surface area contributed by atoms with E-state index in [1.165, 1.54) is 12.8 Å². The van der Waals surface area contributed by atoms with E-state index in [0.717, 1.165) is 36.3 Å². The molecule has 110 valence electrons. The second kappa shape index (κ2) is 4.66. The predicted molar refractivity (Wildman–Crippen MR) is 80.1 cm³/mol. The number of nitrogens with two attached hydrogens (primary N) is 1. The maximum Gasteiger partial charge on any atom is 0.128 e. The standard InChI is InChI=1S/C17H25NO2/c1-16(2)6-8-17(9-7-16)11-14(18)13-5-4-12(19-3)10-15(13)20-17/h4-5,10,14H,6-9,11,18H2,1-3H3/t14-/m1/s1. The minimum Gasteiger partial charge on any atom is -0.497 e. The molecule has 0 saturated heterocycles. The number of hydrogen-bond acceptors (Lipinski definition) is 3. The van der Waals surface area contributed by atoms with Crippen LogP contribution in [0.25, 0.3) is 0 Å². The van der Waals surface area contributed by atoms with Crippen molar-refractivity contribution < 1.29 is 9.47 Å². The average molecular weight is 275 g/mol. The fourth-order valence-corrected chi connectivity index (χ4v) is 3.51. The maximum absolute atomic E-state index is 6.41. The summed E-state index contributed by atoms with van der Waals surface area (Å²) in [6.45, 7) is 4.69. The number of benzene rings is 1. The van der Waals surface area contributed by atoms with Gasteiger partial charge in [0, 0.05) is 24.1 Å². The van der Waals surface area contributed by atoms with Crippen molar-refractivity contribution in [2.24, 2.45) is 11.1 Å². The van der Waals surface area contributed by atoms with Crippen molar-refractivity contribution >= 4 is 0 Å². The van der Waals surface area contributed by atoms with Gasteiger partial charge in [0.2, 0.25) is 0 Å². The molecule has 1 fully saturated rings. The van der Waals surface area contributed by atoms with E-state index in [0.29, 0.717) is 5.41 Å². The van der Waals surface area contributed by atoms with Gasteiger partial charge in [0.1, 0.15) is 17.1 Å². The Morgan fingerprint density at radius 3 is 2.55 bits per heavy atom. The Kier molecular flexibility index (Phi) is 3.20. The molecule has 0 unspecified atom stereocenters. The molecule has 1 spiro atoms. The van der Waals surface area contributed by atoms with E-state index in [9.17, 15) is 0 Å². The highest BCUT2D eigenvalue weighted by Crippen LogP contribution is 2.49. The van der Waals surface area contributed by atoms with Gasteiger partial charge >= 0.3 is 0 Å². The Labute approximate surface area is 121 Å². The molecule has 3 heteroatoms. The number of methoxy groups -OCH3 is 1. The normalized spacial score (nSPS) is 26.7. The summed E-state index contributed by atoms with van der Waals surface area (Å²) in [5.74, 6) is 1.76. The molecule has 2 aliphatic rings. The molecule has 3 nitrogen and oxygen atoms in total. The van der Waals surface area contributed by atoms with E-state index in [4.69, 9.17) is 15.2 Å². The van der Waals surface area contributed by atoms with Crippen LogP contribution in [0.4, 0.5) is 0 Å². The first-order valence-electron chi connectivity index (χ1n) is 7.56. The summed E-state index contributed by atoms with van der Waals surface area (Å²) in [6.07, 6.45) is 5.55. The van der Waals surface area contributed by atoms with Crippen LogP contribution >= 0.6 is 0 Å². The first kappa shape index (κ1) is 13.7. The predicted octanol–water partition coefficient (Wildman–Crippen LogP) is 3.82. The van der Waals surface area contributed by atoms with Gasteiger partial charge in [-0.2, -0.15) is 0 Å². The molecule has 1 atom stereocenters. The summed E-state index contributed by atoms with van der Waals surface area (Å²) in [7, 11) is 1.68. The lowest BCUT2D eigenvalue weighted by Crippen LogP contribution is -2.46. The highest BCUT2D eigenvalue weighted by Gasteiger charge is 2.44. The Hall–Kier alpha value is -1.22. The molecule has 3 rings (SSSR count). The first-order chi connectivity index (χ1) is 9.43. The smallest absolute Gasteiger partial charge is 0.128 e. The van der Waals surface area contributed by atoms with Crippen LogP contribution in [0, 0.1) is 5.41 Å². The molecule has 1 aliphatic heterocycles. The summed E-state index contributed by atoms with van der Waals surface area (Å²) >= 11 is 0. The van der Waals surface area contributed by atoms with Crippen LogP contribution in [0.15, 0.2) is 18.2 Å². The van der Waals surface area contributed by atoms with Gasteiger partial charge in [-0.25, -0.2) is 0 Å². The van der Waals surface area contributed by atoms with Crippen LogP contribution in [0.2, 0.25) is 0 Å². The topological polar surface area (TPSA) is 44.5 Å². The van der Waals surface area contributed by atoms with Crippen molar-refractivity contribution in [2.75, 3.05) is 7.11 Å². The summed E-state index contributed by atoms with van der Waals surface area (Å²) < 4.78 is 11.7. The van der Waals surface area contributed by atoms with Crippen molar-refractivity contribution in [3.05, 3.63) is 23.8 Å². The monoisotopic (exact) mass is 275 g/mol. The lowest BCUT2D eigenvalue weighted by atomic mass is 9.68. The van der Waals surface area contributed by atoms with Gasteiger partial charge in [-0.1, -0.05) is 19.9 Å². The van der Waals surface area contributed by atoms with Gasteiger partial charge in [0.15, 0.2) is 0 Å². The van der Waals surface area contributed by atoms with Gasteiger partial charge < -0.3 is 15.2 Å². The largest absolute Gasteiger partial charge is 0.497 e. The van der Waals surface area contributed by atoms with Gasteiger partial charge in [-0.3, -0.25) is 0 Å². The molecule has 20 heavy (non-hydrogen) atoms. The zero-order valence-corrected chi connectivity index (χ0v) is 12.7. The van der Waals surface area contributed by atoms with Crippen molar-refractivity contribution in [3.8, 4) is 11.5 Å². The Morgan fingerprint density at radius 1 is 1.20 bits per heavy atom. The van der Waals surface area contributed by atoms with Crippen molar-refractivity contribution in [3.63, 3.8) is 0 Å². The zero-order valence-electron chi connectivity index (χ0n) is 12.7. The van der Waals surface area contributed by atoms with E-state index < -0.39 is 0 Å². The average Bonchev–Trinajstić information content (AvgIpc) is 2.42. The number of fused-ring (bicyclic) bond motifs is 1. The summed E-state index contributed by atoms with van der Waals surface area (Å²) in [6, 6.07) is 6.06. The first-order valence-corrected chi connectivity index (χ1v) is 7.56. The Bertz CT molecular complexity index is 500. The fraction of sp³-hybridized carbons (Fsp3) is 0.647. The third kappa shape index (κ3) is 2.39. The molecular weight excluding hydrogens is 250 g/mol. The van der Waals surface area contributed by atoms with Gasteiger partial charge in [0.25, 0.3) is 0 Å². The van der Waals surface area contributed by atoms with Crippen LogP contribution < -0.4 is 15.2 Å². The molecule has 1 aliphatic carbocycles. The Morgan fingerprint density at radius 2 is 1.90 bits per heavy atom. The van der Waals surface area contributed by atoms with Crippen LogP contribution in [0.5, 0.6) is 11.5 Å². The van der Waals surface area contributed by atoms with Crippen molar-refractivity contribution in [1.29, 1.82) is 0 Å². The highest BCUT2D eigenvalue weighted by molar-refractivity contribution is 5.44. The molecule has 2 N–H and O–H groups in total. The minimum absolute atomic E-state index is 0.0612. The molecule has 1 saturated carbocycles. The molecule has 0 amide bonds. The van der Waals surface area contributed by atoms with Crippen molar-refractivity contribution in [2.45, 2.75) is 57.6 Å². The van der Waals surface area contributed by atoms with Crippen LogP contribution in [0.1, 0.15) is 57.6 Å². The lowest BCUT2D eigenvalue weighted by molar-refractivity contribution is -0.0261.